The van der Waals surface area contributed by atoms with E-state index in [4.69, 9.17) is 5.73 Å². The van der Waals surface area contributed by atoms with Crippen LogP contribution in [-0.2, 0) is 0 Å². The Bertz CT molecular complexity index is 513. The van der Waals surface area contributed by atoms with E-state index in [1.807, 2.05) is 24.3 Å². The predicted octanol–water partition coefficient (Wildman–Crippen LogP) is 2.52. The smallest absolute Gasteiger partial charge is 0.128 e. The lowest BCUT2D eigenvalue weighted by Gasteiger charge is -2.18. The van der Waals surface area contributed by atoms with Crippen LogP contribution in [0.4, 0.5) is 5.82 Å². The molecule has 0 aromatic carbocycles. The van der Waals surface area contributed by atoms with Gasteiger partial charge in [-0.05, 0) is 40.7 Å². The van der Waals surface area contributed by atoms with Crippen molar-refractivity contribution in [1.82, 2.24) is 15.3 Å². The van der Waals surface area contributed by atoms with Crippen LogP contribution in [0.1, 0.15) is 24.2 Å². The second-order valence-corrected chi connectivity index (χ2v) is 4.79. The maximum atomic E-state index is 5.93. The molecule has 1 unspecified atom stereocenters. The molecule has 2 aromatic rings. The Hall–Kier alpha value is -1.46. The molecule has 0 aliphatic carbocycles. The zero-order valence-electron chi connectivity index (χ0n) is 10.1. The van der Waals surface area contributed by atoms with Crippen molar-refractivity contribution in [2.75, 3.05) is 12.3 Å². The van der Waals surface area contributed by atoms with Gasteiger partial charge in [0.1, 0.15) is 5.82 Å². The van der Waals surface area contributed by atoms with Crippen LogP contribution in [0.3, 0.4) is 0 Å². The summed E-state index contributed by atoms with van der Waals surface area (Å²) in [5.74, 6) is 0.535. The van der Waals surface area contributed by atoms with Crippen LogP contribution in [0.15, 0.2) is 41.1 Å². The summed E-state index contributed by atoms with van der Waals surface area (Å²) in [4.78, 5) is 8.55. The second-order valence-electron chi connectivity index (χ2n) is 3.87. The summed E-state index contributed by atoms with van der Waals surface area (Å²) in [5, 5.41) is 3.38. The van der Waals surface area contributed by atoms with Gasteiger partial charge in [0.15, 0.2) is 0 Å². The number of nitrogen functional groups attached to an aromatic ring is 1. The average molecular weight is 307 g/mol. The molecule has 1 atom stereocenters. The zero-order valence-corrected chi connectivity index (χ0v) is 11.7. The molecule has 2 heterocycles. The third-order valence-electron chi connectivity index (χ3n) is 2.64. The van der Waals surface area contributed by atoms with Gasteiger partial charge in [-0.1, -0.05) is 13.0 Å². The normalized spacial score (nSPS) is 12.3. The number of nitrogens with one attached hydrogen (secondary N) is 1. The van der Waals surface area contributed by atoms with E-state index in [0.717, 1.165) is 22.3 Å². The van der Waals surface area contributed by atoms with Gasteiger partial charge in [0, 0.05) is 22.4 Å². The zero-order chi connectivity index (χ0) is 13.0. The van der Waals surface area contributed by atoms with Crippen molar-refractivity contribution in [2.45, 2.75) is 13.0 Å². The fourth-order valence-corrected chi connectivity index (χ4v) is 2.04. The Kier molecular flexibility index (Phi) is 4.28. The molecule has 4 nitrogen and oxygen atoms in total. The summed E-state index contributed by atoms with van der Waals surface area (Å²) in [6.07, 6.45) is 3.48. The third kappa shape index (κ3) is 2.86. The van der Waals surface area contributed by atoms with Crippen molar-refractivity contribution >= 4 is 21.7 Å². The molecule has 18 heavy (non-hydrogen) atoms. The van der Waals surface area contributed by atoms with Crippen LogP contribution in [-0.4, -0.2) is 16.5 Å². The molecule has 0 saturated heterocycles. The van der Waals surface area contributed by atoms with Crippen LogP contribution >= 0.6 is 15.9 Å². The predicted molar refractivity (Wildman–Crippen MR) is 76.1 cm³/mol. The molecule has 0 bridgehead atoms. The first-order valence-electron chi connectivity index (χ1n) is 5.77. The molecule has 0 saturated carbocycles. The highest BCUT2D eigenvalue weighted by atomic mass is 79.9. The standard InChI is InChI=1S/C13H15BrN4/c1-2-16-12(10-4-3-7-17-13(10)15)11-6-5-9(14)8-18-11/h3-8,12,16H,2H2,1H3,(H2,15,17). The summed E-state index contributed by atoms with van der Waals surface area (Å²) >= 11 is 3.38. The van der Waals surface area contributed by atoms with Crippen molar-refractivity contribution in [3.8, 4) is 0 Å². The third-order valence-corrected chi connectivity index (χ3v) is 3.11. The van der Waals surface area contributed by atoms with Crippen molar-refractivity contribution in [3.05, 3.63) is 52.4 Å². The Labute approximate surface area is 115 Å². The quantitative estimate of drug-likeness (QED) is 0.911. The van der Waals surface area contributed by atoms with E-state index in [0.29, 0.717) is 5.82 Å². The van der Waals surface area contributed by atoms with Crippen molar-refractivity contribution in [2.24, 2.45) is 0 Å². The summed E-state index contributed by atoms with van der Waals surface area (Å²) in [5.41, 5.74) is 7.81. The van der Waals surface area contributed by atoms with E-state index in [9.17, 15) is 0 Å². The second kappa shape index (κ2) is 5.93. The number of hydrogen-bond acceptors (Lipinski definition) is 4. The molecule has 0 aliphatic heterocycles. The van der Waals surface area contributed by atoms with Crippen molar-refractivity contribution in [3.63, 3.8) is 0 Å². The van der Waals surface area contributed by atoms with Crippen LogP contribution in [0.25, 0.3) is 0 Å². The molecule has 0 radical (unpaired) electrons. The Balaban J connectivity index is 2.40. The molecular weight excluding hydrogens is 292 g/mol. The number of halogens is 1. The minimum atomic E-state index is -0.0307. The Morgan fingerprint density at radius 3 is 2.78 bits per heavy atom. The highest BCUT2D eigenvalue weighted by Gasteiger charge is 2.17. The average Bonchev–Trinajstić information content (AvgIpc) is 2.38. The SMILES string of the molecule is CCNC(c1ccc(Br)cn1)c1cccnc1N. The fraction of sp³-hybridized carbons (Fsp3) is 0.231. The molecule has 94 valence electrons. The summed E-state index contributed by atoms with van der Waals surface area (Å²) in [6, 6.07) is 7.77. The molecule has 2 aromatic heterocycles. The molecule has 0 aliphatic rings. The number of nitrogens with zero attached hydrogens (tertiary/aromatic N) is 2. The highest BCUT2D eigenvalue weighted by molar-refractivity contribution is 9.10. The van der Waals surface area contributed by atoms with Gasteiger partial charge in [-0.2, -0.15) is 0 Å². The first kappa shape index (κ1) is 13.0. The van der Waals surface area contributed by atoms with Gasteiger partial charge in [-0.25, -0.2) is 4.98 Å². The highest BCUT2D eigenvalue weighted by Crippen LogP contribution is 2.24. The number of anilines is 1. The Morgan fingerprint density at radius 2 is 2.17 bits per heavy atom. The lowest BCUT2D eigenvalue weighted by molar-refractivity contribution is 0.615. The van der Waals surface area contributed by atoms with Crippen LogP contribution in [0, 0.1) is 0 Å². The molecular formula is C13H15BrN4. The molecule has 0 spiro atoms. The van der Waals surface area contributed by atoms with E-state index >= 15 is 0 Å². The number of pyridine rings is 2. The van der Waals surface area contributed by atoms with Gasteiger partial charge in [0.25, 0.3) is 0 Å². The first-order valence-corrected chi connectivity index (χ1v) is 6.57. The minimum Gasteiger partial charge on any atom is -0.383 e. The van der Waals surface area contributed by atoms with Crippen molar-refractivity contribution < 1.29 is 0 Å². The molecule has 2 rings (SSSR count). The number of nitrogens with two attached hydrogens (primary N) is 1. The van der Waals surface area contributed by atoms with Gasteiger partial charge in [-0.15, -0.1) is 0 Å². The van der Waals surface area contributed by atoms with Crippen LogP contribution in [0.2, 0.25) is 0 Å². The number of rotatable bonds is 4. The van der Waals surface area contributed by atoms with E-state index < -0.39 is 0 Å². The van der Waals surface area contributed by atoms with E-state index in [-0.39, 0.29) is 6.04 Å². The number of hydrogen-bond donors (Lipinski definition) is 2. The Morgan fingerprint density at radius 1 is 1.33 bits per heavy atom. The summed E-state index contributed by atoms with van der Waals surface area (Å²) < 4.78 is 0.959. The molecule has 3 N–H and O–H groups in total. The lowest BCUT2D eigenvalue weighted by atomic mass is 10.0. The number of aromatic nitrogens is 2. The van der Waals surface area contributed by atoms with Crippen molar-refractivity contribution in [1.29, 1.82) is 0 Å². The van der Waals surface area contributed by atoms with Gasteiger partial charge in [-0.3, -0.25) is 4.98 Å². The van der Waals surface area contributed by atoms with Gasteiger partial charge in [0.2, 0.25) is 0 Å². The van der Waals surface area contributed by atoms with Gasteiger partial charge >= 0.3 is 0 Å². The topological polar surface area (TPSA) is 63.8 Å². The van der Waals surface area contributed by atoms with E-state index in [1.54, 1.807) is 12.4 Å². The van der Waals surface area contributed by atoms with Gasteiger partial charge < -0.3 is 11.1 Å². The molecule has 0 amide bonds. The minimum absolute atomic E-state index is 0.0307. The largest absolute Gasteiger partial charge is 0.383 e. The monoisotopic (exact) mass is 306 g/mol. The molecule has 5 heteroatoms. The maximum Gasteiger partial charge on any atom is 0.128 e. The summed E-state index contributed by atoms with van der Waals surface area (Å²) in [6.45, 7) is 2.88. The lowest BCUT2D eigenvalue weighted by Crippen LogP contribution is -2.24. The van der Waals surface area contributed by atoms with Crippen LogP contribution in [0.5, 0.6) is 0 Å². The van der Waals surface area contributed by atoms with E-state index in [2.05, 4.69) is 38.1 Å². The fourth-order valence-electron chi connectivity index (χ4n) is 1.81. The summed E-state index contributed by atoms with van der Waals surface area (Å²) in [7, 11) is 0. The van der Waals surface area contributed by atoms with Crippen LogP contribution < -0.4 is 11.1 Å². The molecule has 0 fully saturated rings. The van der Waals surface area contributed by atoms with E-state index in [1.165, 1.54) is 0 Å². The van der Waals surface area contributed by atoms with Gasteiger partial charge in [0.05, 0.1) is 11.7 Å². The maximum absolute atomic E-state index is 5.93. The first-order chi connectivity index (χ1) is 8.72.